The number of rotatable bonds is 7. The van der Waals surface area contributed by atoms with Crippen molar-refractivity contribution in [2.75, 3.05) is 46.1 Å². The summed E-state index contributed by atoms with van der Waals surface area (Å²) in [7, 11) is 0. The van der Waals surface area contributed by atoms with E-state index in [0.29, 0.717) is 6.61 Å². The fourth-order valence-corrected chi connectivity index (χ4v) is 1.99. The van der Waals surface area contributed by atoms with E-state index in [1.165, 1.54) is 0 Å². The minimum Gasteiger partial charge on any atom is -0.493 e. The summed E-state index contributed by atoms with van der Waals surface area (Å²) in [4.78, 5) is 2.36. The third-order valence-corrected chi connectivity index (χ3v) is 3.06. The van der Waals surface area contributed by atoms with Gasteiger partial charge in [-0.2, -0.15) is 0 Å². The molecule has 19 heavy (non-hydrogen) atoms. The van der Waals surface area contributed by atoms with Crippen molar-refractivity contribution in [2.24, 2.45) is 0 Å². The van der Waals surface area contributed by atoms with Crippen molar-refractivity contribution in [3.05, 3.63) is 24.3 Å². The standard InChI is InChI=1S/C15H23NO3/c1-2-9-18-14-4-3-5-15(13-14)19-12-8-16-6-10-17-11-7-16/h3-5,13H,2,6-12H2,1H3. The van der Waals surface area contributed by atoms with E-state index in [-0.39, 0.29) is 0 Å². The molecule has 2 rings (SSSR count). The molecule has 1 fully saturated rings. The van der Waals surface area contributed by atoms with Crippen LogP contribution in [0.5, 0.6) is 11.5 Å². The molecule has 1 aromatic carbocycles. The number of benzene rings is 1. The highest BCUT2D eigenvalue weighted by atomic mass is 16.5. The van der Waals surface area contributed by atoms with E-state index in [9.17, 15) is 0 Å². The highest BCUT2D eigenvalue weighted by Gasteiger charge is 2.09. The average Bonchev–Trinajstić information content (AvgIpc) is 2.47. The minimum atomic E-state index is 0.706. The summed E-state index contributed by atoms with van der Waals surface area (Å²) in [6.45, 7) is 8.17. The van der Waals surface area contributed by atoms with Crippen LogP contribution in [0.4, 0.5) is 0 Å². The second-order valence-corrected chi connectivity index (χ2v) is 4.63. The summed E-state index contributed by atoms with van der Waals surface area (Å²) < 4.78 is 16.7. The van der Waals surface area contributed by atoms with Gasteiger partial charge in [0.25, 0.3) is 0 Å². The van der Waals surface area contributed by atoms with E-state index < -0.39 is 0 Å². The predicted molar refractivity (Wildman–Crippen MR) is 75.0 cm³/mol. The van der Waals surface area contributed by atoms with Gasteiger partial charge in [-0.3, -0.25) is 4.90 Å². The minimum absolute atomic E-state index is 0.706. The molecule has 0 atom stereocenters. The van der Waals surface area contributed by atoms with Crippen molar-refractivity contribution in [3.63, 3.8) is 0 Å². The Morgan fingerprint density at radius 3 is 2.47 bits per heavy atom. The molecular weight excluding hydrogens is 242 g/mol. The zero-order valence-corrected chi connectivity index (χ0v) is 11.6. The van der Waals surface area contributed by atoms with Gasteiger partial charge in [-0.15, -0.1) is 0 Å². The van der Waals surface area contributed by atoms with Gasteiger partial charge in [-0.1, -0.05) is 13.0 Å². The van der Waals surface area contributed by atoms with E-state index in [0.717, 1.165) is 57.4 Å². The lowest BCUT2D eigenvalue weighted by Gasteiger charge is -2.26. The second-order valence-electron chi connectivity index (χ2n) is 4.63. The third kappa shape index (κ3) is 5.09. The van der Waals surface area contributed by atoms with Crippen LogP contribution in [0.1, 0.15) is 13.3 Å². The molecule has 0 saturated carbocycles. The van der Waals surface area contributed by atoms with Crippen molar-refractivity contribution in [1.29, 1.82) is 0 Å². The monoisotopic (exact) mass is 265 g/mol. The lowest BCUT2D eigenvalue weighted by Crippen LogP contribution is -2.38. The van der Waals surface area contributed by atoms with Crippen molar-refractivity contribution in [2.45, 2.75) is 13.3 Å². The van der Waals surface area contributed by atoms with Crippen molar-refractivity contribution < 1.29 is 14.2 Å². The van der Waals surface area contributed by atoms with Gasteiger partial charge in [0.05, 0.1) is 19.8 Å². The molecule has 0 unspecified atom stereocenters. The molecule has 0 aromatic heterocycles. The Bertz CT molecular complexity index is 364. The van der Waals surface area contributed by atoms with Crippen LogP contribution in [-0.4, -0.2) is 51.0 Å². The molecule has 4 heteroatoms. The summed E-state index contributed by atoms with van der Waals surface area (Å²) in [5.41, 5.74) is 0. The van der Waals surface area contributed by atoms with Crippen LogP contribution in [0.25, 0.3) is 0 Å². The van der Waals surface area contributed by atoms with Gasteiger partial charge in [0.2, 0.25) is 0 Å². The number of ether oxygens (including phenoxy) is 3. The maximum atomic E-state index is 5.77. The first-order chi connectivity index (χ1) is 9.38. The smallest absolute Gasteiger partial charge is 0.123 e. The molecule has 106 valence electrons. The number of morpholine rings is 1. The summed E-state index contributed by atoms with van der Waals surface area (Å²) in [6.07, 6.45) is 1.02. The van der Waals surface area contributed by atoms with Crippen LogP contribution in [0.3, 0.4) is 0 Å². The molecule has 0 radical (unpaired) electrons. The first-order valence-corrected chi connectivity index (χ1v) is 7.04. The normalized spacial score (nSPS) is 16.3. The summed E-state index contributed by atoms with van der Waals surface area (Å²) >= 11 is 0. The molecule has 1 aliphatic rings. The molecule has 1 aliphatic heterocycles. The van der Waals surface area contributed by atoms with E-state index in [2.05, 4.69) is 11.8 Å². The summed E-state index contributed by atoms with van der Waals surface area (Å²) in [5.74, 6) is 1.76. The quantitative estimate of drug-likeness (QED) is 0.756. The summed E-state index contributed by atoms with van der Waals surface area (Å²) in [5, 5.41) is 0. The van der Waals surface area contributed by atoms with Crippen LogP contribution in [0.15, 0.2) is 24.3 Å². The molecule has 0 aliphatic carbocycles. The molecule has 1 heterocycles. The van der Waals surface area contributed by atoms with Crippen molar-refractivity contribution in [3.8, 4) is 11.5 Å². The number of nitrogens with zero attached hydrogens (tertiary/aromatic N) is 1. The second kappa shape index (κ2) is 8.02. The Hall–Kier alpha value is -1.26. The predicted octanol–water partition coefficient (Wildman–Crippen LogP) is 2.19. The van der Waals surface area contributed by atoms with Crippen LogP contribution < -0.4 is 9.47 Å². The zero-order valence-electron chi connectivity index (χ0n) is 11.6. The van der Waals surface area contributed by atoms with E-state index in [4.69, 9.17) is 14.2 Å². The molecule has 0 bridgehead atoms. The van der Waals surface area contributed by atoms with Gasteiger partial charge >= 0.3 is 0 Å². The van der Waals surface area contributed by atoms with Gasteiger partial charge in [-0.05, 0) is 18.6 Å². The molecule has 1 saturated heterocycles. The largest absolute Gasteiger partial charge is 0.493 e. The van der Waals surface area contributed by atoms with E-state index >= 15 is 0 Å². The van der Waals surface area contributed by atoms with Gasteiger partial charge in [0.15, 0.2) is 0 Å². The molecule has 0 spiro atoms. The van der Waals surface area contributed by atoms with Crippen LogP contribution in [0, 0.1) is 0 Å². The average molecular weight is 265 g/mol. The van der Waals surface area contributed by atoms with E-state index in [1.54, 1.807) is 0 Å². The molecular formula is C15H23NO3. The first kappa shape index (κ1) is 14.2. The van der Waals surface area contributed by atoms with Crippen LogP contribution in [-0.2, 0) is 4.74 Å². The first-order valence-electron chi connectivity index (χ1n) is 7.04. The van der Waals surface area contributed by atoms with Crippen LogP contribution >= 0.6 is 0 Å². The Labute approximate surface area is 115 Å². The van der Waals surface area contributed by atoms with Crippen molar-refractivity contribution >= 4 is 0 Å². The Morgan fingerprint density at radius 2 is 1.79 bits per heavy atom. The van der Waals surface area contributed by atoms with Gasteiger partial charge in [0.1, 0.15) is 18.1 Å². The SMILES string of the molecule is CCCOc1cccc(OCCN2CCOCC2)c1. The van der Waals surface area contributed by atoms with Gasteiger partial charge in [-0.25, -0.2) is 0 Å². The lowest BCUT2D eigenvalue weighted by atomic mass is 10.3. The Balaban J connectivity index is 1.72. The molecule has 0 amide bonds. The number of hydrogen-bond acceptors (Lipinski definition) is 4. The van der Waals surface area contributed by atoms with Crippen molar-refractivity contribution in [1.82, 2.24) is 4.90 Å². The van der Waals surface area contributed by atoms with E-state index in [1.807, 2.05) is 24.3 Å². The van der Waals surface area contributed by atoms with Crippen LogP contribution in [0.2, 0.25) is 0 Å². The topological polar surface area (TPSA) is 30.9 Å². The Morgan fingerprint density at radius 1 is 1.11 bits per heavy atom. The highest BCUT2D eigenvalue weighted by Crippen LogP contribution is 2.19. The fourth-order valence-electron chi connectivity index (χ4n) is 1.99. The highest BCUT2D eigenvalue weighted by molar-refractivity contribution is 5.32. The molecule has 0 N–H and O–H groups in total. The summed E-state index contributed by atoms with van der Waals surface area (Å²) in [6, 6.07) is 7.85. The maximum Gasteiger partial charge on any atom is 0.123 e. The van der Waals surface area contributed by atoms with Gasteiger partial charge in [0, 0.05) is 25.7 Å². The third-order valence-electron chi connectivity index (χ3n) is 3.06. The zero-order chi connectivity index (χ0) is 13.3. The fraction of sp³-hybridized carbons (Fsp3) is 0.600. The number of hydrogen-bond donors (Lipinski definition) is 0. The Kier molecular flexibility index (Phi) is 5.98. The van der Waals surface area contributed by atoms with Gasteiger partial charge < -0.3 is 14.2 Å². The maximum absolute atomic E-state index is 5.77. The lowest BCUT2D eigenvalue weighted by molar-refractivity contribution is 0.0322. The molecule has 4 nitrogen and oxygen atoms in total. The molecule has 1 aromatic rings.